The highest BCUT2D eigenvalue weighted by atomic mass is 32.1. The second-order valence-electron chi connectivity index (χ2n) is 6.34. The molecule has 4 heterocycles. The standard InChI is InChI=1S/C15H21N7S/c1-10-7-22-14(16-10)23-15(19-22)20-6-4-5-13(8-20)9-21-12(3)17-11(2)18-21/h7,13H,4-6,8-9H2,1-3H3. The maximum Gasteiger partial charge on any atom is 0.214 e. The van der Waals surface area contributed by atoms with E-state index < -0.39 is 0 Å². The molecule has 1 atom stereocenters. The summed E-state index contributed by atoms with van der Waals surface area (Å²) in [6.07, 6.45) is 4.41. The van der Waals surface area contributed by atoms with Gasteiger partial charge in [-0.2, -0.15) is 5.10 Å². The van der Waals surface area contributed by atoms with Gasteiger partial charge in [-0.1, -0.05) is 11.3 Å². The number of anilines is 1. The highest BCUT2D eigenvalue weighted by molar-refractivity contribution is 7.20. The van der Waals surface area contributed by atoms with Gasteiger partial charge >= 0.3 is 0 Å². The van der Waals surface area contributed by atoms with Crippen LogP contribution >= 0.6 is 11.3 Å². The normalized spacial score (nSPS) is 18.9. The molecular weight excluding hydrogens is 310 g/mol. The third kappa shape index (κ3) is 2.83. The predicted molar refractivity (Wildman–Crippen MR) is 90.0 cm³/mol. The van der Waals surface area contributed by atoms with Crippen LogP contribution in [0.3, 0.4) is 0 Å². The van der Waals surface area contributed by atoms with Crippen molar-refractivity contribution in [3.63, 3.8) is 0 Å². The second kappa shape index (κ2) is 5.59. The summed E-state index contributed by atoms with van der Waals surface area (Å²) in [6, 6.07) is 0. The number of rotatable bonds is 3. The molecule has 122 valence electrons. The van der Waals surface area contributed by atoms with Crippen LogP contribution in [0.5, 0.6) is 0 Å². The molecule has 1 aliphatic heterocycles. The van der Waals surface area contributed by atoms with Crippen LogP contribution in [0, 0.1) is 26.7 Å². The summed E-state index contributed by atoms with van der Waals surface area (Å²) in [5, 5.41) is 10.3. The summed E-state index contributed by atoms with van der Waals surface area (Å²) in [5.41, 5.74) is 1.02. The molecular formula is C15H21N7S. The molecule has 1 aliphatic rings. The van der Waals surface area contributed by atoms with Gasteiger partial charge in [-0.3, -0.25) is 0 Å². The van der Waals surface area contributed by atoms with Crippen molar-refractivity contribution in [2.75, 3.05) is 18.0 Å². The summed E-state index contributed by atoms with van der Waals surface area (Å²) < 4.78 is 3.94. The van der Waals surface area contributed by atoms with Crippen molar-refractivity contribution in [1.29, 1.82) is 0 Å². The summed E-state index contributed by atoms with van der Waals surface area (Å²) >= 11 is 1.67. The van der Waals surface area contributed by atoms with E-state index >= 15 is 0 Å². The first-order valence-electron chi connectivity index (χ1n) is 8.04. The molecule has 0 radical (unpaired) electrons. The molecule has 3 aromatic heterocycles. The summed E-state index contributed by atoms with van der Waals surface area (Å²) in [4.78, 5) is 12.3. The van der Waals surface area contributed by atoms with Crippen molar-refractivity contribution in [2.45, 2.75) is 40.2 Å². The average molecular weight is 331 g/mol. The Morgan fingerprint density at radius 2 is 2.09 bits per heavy atom. The van der Waals surface area contributed by atoms with Gasteiger partial charge in [0.05, 0.1) is 11.9 Å². The number of hydrogen-bond donors (Lipinski definition) is 0. The Kier molecular flexibility index (Phi) is 3.56. The third-order valence-corrected chi connectivity index (χ3v) is 5.32. The monoisotopic (exact) mass is 331 g/mol. The fraction of sp³-hybridized carbons (Fsp3) is 0.600. The number of aryl methyl sites for hydroxylation is 3. The molecule has 0 amide bonds. The van der Waals surface area contributed by atoms with Gasteiger partial charge in [-0.25, -0.2) is 19.2 Å². The molecule has 0 N–H and O–H groups in total. The summed E-state index contributed by atoms with van der Waals surface area (Å²) in [5.74, 6) is 2.44. The minimum absolute atomic E-state index is 0.585. The lowest BCUT2D eigenvalue weighted by atomic mass is 9.98. The molecule has 3 aromatic rings. The van der Waals surface area contributed by atoms with Crippen LogP contribution < -0.4 is 4.90 Å². The Bertz CT molecular complexity index is 799. The van der Waals surface area contributed by atoms with Crippen LogP contribution in [-0.2, 0) is 6.54 Å². The number of aromatic nitrogens is 6. The second-order valence-corrected chi connectivity index (χ2v) is 7.27. The van der Waals surface area contributed by atoms with Crippen molar-refractivity contribution < 1.29 is 0 Å². The fourth-order valence-electron chi connectivity index (χ4n) is 3.29. The van der Waals surface area contributed by atoms with Crippen LogP contribution in [0.4, 0.5) is 5.13 Å². The number of hydrogen-bond acceptors (Lipinski definition) is 6. The lowest BCUT2D eigenvalue weighted by molar-refractivity contribution is 0.347. The van der Waals surface area contributed by atoms with Crippen LogP contribution in [0.2, 0.25) is 0 Å². The SMILES string of the molecule is Cc1cn2nc(N3CCCC(Cn4nc(C)nc4C)C3)sc2n1. The lowest BCUT2D eigenvalue weighted by Crippen LogP contribution is -2.37. The number of fused-ring (bicyclic) bond motifs is 1. The lowest BCUT2D eigenvalue weighted by Gasteiger charge is -2.32. The highest BCUT2D eigenvalue weighted by Crippen LogP contribution is 2.28. The quantitative estimate of drug-likeness (QED) is 0.736. The van der Waals surface area contributed by atoms with Crippen molar-refractivity contribution in [2.24, 2.45) is 5.92 Å². The molecule has 0 aliphatic carbocycles. The molecule has 0 bridgehead atoms. The van der Waals surface area contributed by atoms with E-state index in [2.05, 4.69) is 25.1 Å². The van der Waals surface area contributed by atoms with Gasteiger partial charge in [0, 0.05) is 19.6 Å². The van der Waals surface area contributed by atoms with Crippen molar-refractivity contribution >= 4 is 21.4 Å². The van der Waals surface area contributed by atoms with Crippen molar-refractivity contribution in [3.05, 3.63) is 23.5 Å². The first-order valence-corrected chi connectivity index (χ1v) is 8.86. The summed E-state index contributed by atoms with van der Waals surface area (Å²) in [6.45, 7) is 9.00. The van der Waals surface area contributed by atoms with Gasteiger partial charge in [-0.05, 0) is 39.5 Å². The van der Waals surface area contributed by atoms with Gasteiger partial charge in [0.15, 0.2) is 0 Å². The Morgan fingerprint density at radius 3 is 2.83 bits per heavy atom. The Hall–Kier alpha value is -1.96. The number of imidazole rings is 1. The maximum absolute atomic E-state index is 4.68. The van der Waals surface area contributed by atoms with Gasteiger partial charge in [0.25, 0.3) is 0 Å². The minimum atomic E-state index is 0.585. The van der Waals surface area contributed by atoms with Crippen LogP contribution in [-0.4, -0.2) is 42.5 Å². The zero-order chi connectivity index (χ0) is 16.0. The van der Waals surface area contributed by atoms with E-state index in [-0.39, 0.29) is 0 Å². The van der Waals surface area contributed by atoms with Crippen LogP contribution in [0.25, 0.3) is 4.96 Å². The van der Waals surface area contributed by atoms with E-state index in [9.17, 15) is 0 Å². The van der Waals surface area contributed by atoms with Crippen LogP contribution in [0.1, 0.15) is 30.2 Å². The molecule has 4 rings (SSSR count). The predicted octanol–water partition coefficient (Wildman–Crippen LogP) is 2.22. The molecule has 1 saturated heterocycles. The van der Waals surface area contributed by atoms with Gasteiger partial charge in [-0.15, -0.1) is 5.10 Å². The number of nitrogens with zero attached hydrogens (tertiary/aromatic N) is 7. The zero-order valence-electron chi connectivity index (χ0n) is 13.7. The molecule has 7 nitrogen and oxygen atoms in total. The topological polar surface area (TPSA) is 64.1 Å². The van der Waals surface area contributed by atoms with Gasteiger partial charge < -0.3 is 4.90 Å². The third-order valence-electron chi connectivity index (χ3n) is 4.34. The molecule has 0 spiro atoms. The first kappa shape index (κ1) is 14.6. The Labute approximate surface area is 139 Å². The van der Waals surface area contributed by atoms with Gasteiger partial charge in [0.2, 0.25) is 10.1 Å². The highest BCUT2D eigenvalue weighted by Gasteiger charge is 2.24. The molecule has 0 saturated carbocycles. The zero-order valence-corrected chi connectivity index (χ0v) is 14.5. The maximum atomic E-state index is 4.68. The minimum Gasteiger partial charge on any atom is -0.346 e. The Morgan fingerprint density at radius 1 is 1.22 bits per heavy atom. The molecule has 1 unspecified atom stereocenters. The fourth-order valence-corrected chi connectivity index (χ4v) is 4.26. The largest absolute Gasteiger partial charge is 0.346 e. The smallest absolute Gasteiger partial charge is 0.214 e. The average Bonchev–Trinajstić information content (AvgIpc) is 3.12. The van der Waals surface area contributed by atoms with Gasteiger partial charge in [0.1, 0.15) is 11.6 Å². The van der Waals surface area contributed by atoms with Crippen LogP contribution in [0.15, 0.2) is 6.20 Å². The van der Waals surface area contributed by atoms with E-state index in [0.717, 1.165) is 47.1 Å². The van der Waals surface area contributed by atoms with E-state index in [0.29, 0.717) is 5.92 Å². The molecule has 23 heavy (non-hydrogen) atoms. The van der Waals surface area contributed by atoms with E-state index in [1.807, 2.05) is 36.2 Å². The summed E-state index contributed by atoms with van der Waals surface area (Å²) in [7, 11) is 0. The molecule has 0 aromatic carbocycles. The van der Waals surface area contributed by atoms with E-state index in [1.165, 1.54) is 12.8 Å². The van der Waals surface area contributed by atoms with E-state index in [4.69, 9.17) is 0 Å². The number of piperidine rings is 1. The first-order chi connectivity index (χ1) is 11.1. The van der Waals surface area contributed by atoms with E-state index in [1.54, 1.807) is 11.3 Å². The van der Waals surface area contributed by atoms with Crippen molar-refractivity contribution in [3.8, 4) is 0 Å². The van der Waals surface area contributed by atoms with Crippen molar-refractivity contribution in [1.82, 2.24) is 29.4 Å². The molecule has 8 heteroatoms. The Balaban J connectivity index is 1.49. The molecule has 1 fully saturated rings.